The lowest BCUT2D eigenvalue weighted by atomic mass is 10.1. The zero-order chi connectivity index (χ0) is 17.5. The van der Waals surface area contributed by atoms with Gasteiger partial charge in [0.2, 0.25) is 5.82 Å². The zero-order valence-electron chi connectivity index (χ0n) is 14.2. The largest absolute Gasteiger partial charge is 0.390 e. The summed E-state index contributed by atoms with van der Waals surface area (Å²) < 4.78 is 0. The monoisotopic (exact) mass is 344 g/mol. The lowest BCUT2D eigenvalue weighted by Crippen LogP contribution is -2.40. The Balaban J connectivity index is 1.56. The highest BCUT2D eigenvalue weighted by Crippen LogP contribution is 2.18. The number of nitrogens with zero attached hydrogens (tertiary/aromatic N) is 4. The van der Waals surface area contributed by atoms with E-state index in [1.807, 2.05) is 6.07 Å². The number of nitrogens with one attached hydrogen (secondary N) is 2. The Labute approximate surface area is 146 Å². The second-order valence-electron chi connectivity index (χ2n) is 6.36. The Bertz CT molecular complexity index is 668. The number of aromatic nitrogens is 4. The molecule has 1 amide bonds. The van der Waals surface area contributed by atoms with Crippen LogP contribution in [0.15, 0.2) is 24.3 Å². The first-order chi connectivity index (χ1) is 12.2. The van der Waals surface area contributed by atoms with E-state index in [1.54, 1.807) is 18.2 Å². The number of aliphatic hydroxyl groups is 1. The fourth-order valence-electron chi connectivity index (χ4n) is 3.14. The highest BCUT2D eigenvalue weighted by Gasteiger charge is 2.18. The Hall–Kier alpha value is -2.32. The van der Waals surface area contributed by atoms with Crippen molar-refractivity contribution in [2.45, 2.75) is 31.8 Å². The minimum absolute atomic E-state index is 0.218. The number of H-pyrrole nitrogens is 1. The van der Waals surface area contributed by atoms with Gasteiger partial charge in [-0.25, -0.2) is 0 Å². The molecule has 0 bridgehead atoms. The molecule has 8 heteroatoms. The SMILES string of the molecule is O=C(NC[C@H](O)CN1CCCCCC1)c1ccccc1-c1nn[nH]n1. The Morgan fingerprint density at radius 2 is 2.00 bits per heavy atom. The zero-order valence-corrected chi connectivity index (χ0v) is 14.2. The molecule has 1 saturated heterocycles. The highest BCUT2D eigenvalue weighted by molar-refractivity contribution is 6.00. The number of carbonyl (C=O) groups excluding carboxylic acids is 1. The van der Waals surface area contributed by atoms with E-state index in [9.17, 15) is 9.90 Å². The molecule has 1 aromatic carbocycles. The molecule has 0 spiro atoms. The first kappa shape index (κ1) is 17.5. The van der Waals surface area contributed by atoms with Crippen LogP contribution >= 0.6 is 0 Å². The summed E-state index contributed by atoms with van der Waals surface area (Å²) in [6, 6.07) is 7.08. The quantitative estimate of drug-likeness (QED) is 0.717. The summed E-state index contributed by atoms with van der Waals surface area (Å²) in [5.41, 5.74) is 1.07. The minimum atomic E-state index is -0.584. The summed E-state index contributed by atoms with van der Waals surface area (Å²) >= 11 is 0. The van der Waals surface area contributed by atoms with Gasteiger partial charge in [0.1, 0.15) is 0 Å². The van der Waals surface area contributed by atoms with Crippen molar-refractivity contribution in [3.05, 3.63) is 29.8 Å². The lowest BCUT2D eigenvalue weighted by molar-refractivity contribution is 0.0863. The molecule has 2 heterocycles. The molecule has 1 aliphatic rings. The van der Waals surface area contributed by atoms with Crippen LogP contribution in [0.25, 0.3) is 11.4 Å². The van der Waals surface area contributed by atoms with Crippen LogP contribution in [0.1, 0.15) is 36.0 Å². The van der Waals surface area contributed by atoms with Gasteiger partial charge in [-0.3, -0.25) is 4.79 Å². The first-order valence-corrected chi connectivity index (χ1v) is 8.75. The van der Waals surface area contributed by atoms with E-state index in [4.69, 9.17) is 0 Å². The van der Waals surface area contributed by atoms with Gasteiger partial charge in [-0.2, -0.15) is 5.21 Å². The number of aromatic amines is 1. The number of hydrogen-bond acceptors (Lipinski definition) is 6. The van der Waals surface area contributed by atoms with Crippen LogP contribution < -0.4 is 5.32 Å². The molecule has 1 aliphatic heterocycles. The fourth-order valence-corrected chi connectivity index (χ4v) is 3.14. The maximum Gasteiger partial charge on any atom is 0.252 e. The van der Waals surface area contributed by atoms with Gasteiger partial charge in [-0.1, -0.05) is 31.0 Å². The number of carbonyl (C=O) groups is 1. The normalized spacial score (nSPS) is 17.0. The molecule has 0 radical (unpaired) electrons. The van der Waals surface area contributed by atoms with E-state index in [0.29, 0.717) is 23.5 Å². The van der Waals surface area contributed by atoms with Crippen molar-refractivity contribution in [3.8, 4) is 11.4 Å². The summed E-state index contributed by atoms with van der Waals surface area (Å²) in [7, 11) is 0. The van der Waals surface area contributed by atoms with Crippen LogP contribution in [0.5, 0.6) is 0 Å². The number of tetrazole rings is 1. The number of benzene rings is 1. The van der Waals surface area contributed by atoms with Crippen LogP contribution in [0.4, 0.5) is 0 Å². The Morgan fingerprint density at radius 1 is 1.24 bits per heavy atom. The molecule has 0 aliphatic carbocycles. The van der Waals surface area contributed by atoms with E-state index in [-0.39, 0.29) is 12.5 Å². The van der Waals surface area contributed by atoms with Crippen LogP contribution in [0.2, 0.25) is 0 Å². The van der Waals surface area contributed by atoms with Crippen molar-refractivity contribution in [3.63, 3.8) is 0 Å². The molecule has 3 rings (SSSR count). The standard InChI is InChI=1S/C17H24N6O2/c24-13(12-23-9-5-1-2-6-10-23)11-18-17(25)15-8-4-3-7-14(15)16-19-21-22-20-16/h3-4,7-8,13,24H,1-2,5-6,9-12H2,(H,18,25)(H,19,20,21,22)/t13-/m0/s1. The van der Waals surface area contributed by atoms with Crippen LogP contribution in [0, 0.1) is 0 Å². The molecule has 1 atom stereocenters. The van der Waals surface area contributed by atoms with Crippen LogP contribution in [0.3, 0.4) is 0 Å². The number of hydrogen-bond donors (Lipinski definition) is 3. The van der Waals surface area contributed by atoms with E-state index in [0.717, 1.165) is 13.1 Å². The average molecular weight is 344 g/mol. The third-order valence-electron chi connectivity index (χ3n) is 4.42. The molecule has 0 unspecified atom stereocenters. The van der Waals surface area contributed by atoms with Crippen LogP contribution in [-0.2, 0) is 0 Å². The van der Waals surface area contributed by atoms with E-state index in [2.05, 4.69) is 30.8 Å². The molecule has 1 fully saturated rings. The maximum atomic E-state index is 12.5. The van der Waals surface area contributed by atoms with Gasteiger partial charge in [0.15, 0.2) is 0 Å². The molecule has 3 N–H and O–H groups in total. The van der Waals surface area contributed by atoms with Crippen molar-refractivity contribution in [2.75, 3.05) is 26.2 Å². The summed E-state index contributed by atoms with van der Waals surface area (Å²) in [5, 5.41) is 26.8. The van der Waals surface area contributed by atoms with Crippen molar-refractivity contribution < 1.29 is 9.90 Å². The van der Waals surface area contributed by atoms with Gasteiger partial charge in [0, 0.05) is 18.7 Å². The first-order valence-electron chi connectivity index (χ1n) is 8.75. The molecule has 0 saturated carbocycles. The summed E-state index contributed by atoms with van der Waals surface area (Å²) in [6.45, 7) is 2.85. The van der Waals surface area contributed by atoms with Crippen LogP contribution in [-0.4, -0.2) is 68.8 Å². The van der Waals surface area contributed by atoms with Gasteiger partial charge in [-0.05, 0) is 37.2 Å². The molecular weight excluding hydrogens is 320 g/mol. The van der Waals surface area contributed by atoms with E-state index >= 15 is 0 Å². The van der Waals surface area contributed by atoms with Crippen molar-refractivity contribution >= 4 is 5.91 Å². The number of β-amino-alcohol motifs (C(OH)–C–C–N with tert-alkyl or cyclic N) is 1. The van der Waals surface area contributed by atoms with E-state index in [1.165, 1.54) is 25.7 Å². The second-order valence-corrected chi connectivity index (χ2v) is 6.36. The third-order valence-corrected chi connectivity index (χ3v) is 4.42. The second kappa shape index (κ2) is 8.68. The lowest BCUT2D eigenvalue weighted by Gasteiger charge is -2.23. The molecular formula is C17H24N6O2. The van der Waals surface area contributed by atoms with Gasteiger partial charge in [0.25, 0.3) is 5.91 Å². The smallest absolute Gasteiger partial charge is 0.252 e. The Kier molecular flexibility index (Phi) is 6.08. The van der Waals surface area contributed by atoms with Gasteiger partial charge in [0.05, 0.1) is 11.7 Å². The predicted molar refractivity (Wildman–Crippen MR) is 92.9 cm³/mol. The summed E-state index contributed by atoms with van der Waals surface area (Å²) in [4.78, 5) is 14.8. The highest BCUT2D eigenvalue weighted by atomic mass is 16.3. The molecule has 2 aromatic rings. The number of rotatable bonds is 6. The molecule has 8 nitrogen and oxygen atoms in total. The van der Waals surface area contributed by atoms with Crippen molar-refractivity contribution in [2.24, 2.45) is 0 Å². The average Bonchev–Trinajstić information content (AvgIpc) is 3.05. The predicted octanol–water partition coefficient (Wildman–Crippen LogP) is 0.833. The van der Waals surface area contributed by atoms with Gasteiger partial charge >= 0.3 is 0 Å². The van der Waals surface area contributed by atoms with Gasteiger partial charge in [-0.15, -0.1) is 10.2 Å². The van der Waals surface area contributed by atoms with Crippen molar-refractivity contribution in [1.82, 2.24) is 30.8 Å². The maximum absolute atomic E-state index is 12.5. The van der Waals surface area contributed by atoms with Gasteiger partial charge < -0.3 is 15.3 Å². The number of likely N-dealkylation sites (tertiary alicyclic amines) is 1. The Morgan fingerprint density at radius 3 is 2.72 bits per heavy atom. The molecule has 25 heavy (non-hydrogen) atoms. The summed E-state index contributed by atoms with van der Waals surface area (Å²) in [6.07, 6.45) is 4.29. The van der Waals surface area contributed by atoms with E-state index < -0.39 is 6.10 Å². The fraction of sp³-hybridized carbons (Fsp3) is 0.529. The topological polar surface area (TPSA) is 107 Å². The number of aliphatic hydroxyl groups excluding tert-OH is 1. The van der Waals surface area contributed by atoms with Crippen molar-refractivity contribution in [1.29, 1.82) is 0 Å². The summed E-state index contributed by atoms with van der Waals surface area (Å²) in [5.74, 6) is 0.117. The molecule has 1 aromatic heterocycles. The number of amides is 1. The third kappa shape index (κ3) is 4.83. The molecule has 134 valence electrons. The minimum Gasteiger partial charge on any atom is -0.390 e.